The van der Waals surface area contributed by atoms with Gasteiger partial charge in [-0.15, -0.1) is 0 Å². The number of hydrogen-bond acceptors (Lipinski definition) is 4. The van der Waals surface area contributed by atoms with Crippen molar-refractivity contribution in [3.63, 3.8) is 0 Å². The Labute approximate surface area is 230 Å². The van der Waals surface area contributed by atoms with Crippen LogP contribution in [0.15, 0.2) is 48.7 Å². The lowest BCUT2D eigenvalue weighted by molar-refractivity contribution is -0.138. The number of aryl methyl sites for hydroxylation is 1. The Morgan fingerprint density at radius 3 is 2.62 bits per heavy atom. The second-order valence-electron chi connectivity index (χ2n) is 12.2. The molecule has 5 nitrogen and oxygen atoms in total. The van der Waals surface area contributed by atoms with Gasteiger partial charge in [0.15, 0.2) is 0 Å². The average Bonchev–Trinajstić information content (AvgIpc) is 3.26. The van der Waals surface area contributed by atoms with Crippen molar-refractivity contribution in [2.24, 2.45) is 5.41 Å². The molecule has 2 aliphatic rings. The molecular formula is C33H38FNO4. The van der Waals surface area contributed by atoms with E-state index < -0.39 is 11.4 Å². The largest absolute Gasteiger partial charge is 0.489 e. The predicted molar refractivity (Wildman–Crippen MR) is 150 cm³/mol. The van der Waals surface area contributed by atoms with E-state index in [1.807, 2.05) is 31.2 Å². The molecule has 1 aromatic heterocycles. The molecule has 2 atom stereocenters. The molecule has 0 spiro atoms. The van der Waals surface area contributed by atoms with Crippen LogP contribution in [0, 0.1) is 11.2 Å². The maximum atomic E-state index is 15.0. The van der Waals surface area contributed by atoms with Gasteiger partial charge in [0, 0.05) is 17.0 Å². The lowest BCUT2D eigenvalue weighted by atomic mass is 9.69. The number of carboxylic acids is 1. The highest BCUT2D eigenvalue weighted by atomic mass is 19.1. The average molecular weight is 532 g/mol. The van der Waals surface area contributed by atoms with Crippen molar-refractivity contribution in [3.8, 4) is 22.8 Å². The van der Waals surface area contributed by atoms with Gasteiger partial charge in [0.05, 0.1) is 19.7 Å². The van der Waals surface area contributed by atoms with Crippen molar-refractivity contribution in [2.75, 3.05) is 7.11 Å². The van der Waals surface area contributed by atoms with Crippen molar-refractivity contribution in [1.82, 2.24) is 4.98 Å². The summed E-state index contributed by atoms with van der Waals surface area (Å²) in [5, 5.41) is 9.52. The Morgan fingerprint density at radius 1 is 1.08 bits per heavy atom. The lowest BCUT2D eigenvalue weighted by Gasteiger charge is -2.35. The first kappa shape index (κ1) is 27.2. The Bertz CT molecular complexity index is 1380. The van der Waals surface area contributed by atoms with Crippen LogP contribution in [0.4, 0.5) is 4.39 Å². The number of benzene rings is 2. The van der Waals surface area contributed by atoms with E-state index >= 15 is 4.39 Å². The highest BCUT2D eigenvalue weighted by molar-refractivity contribution is 5.71. The zero-order chi connectivity index (χ0) is 27.8. The molecule has 206 valence electrons. The van der Waals surface area contributed by atoms with Gasteiger partial charge in [-0.05, 0) is 83.4 Å². The molecular weight excluding hydrogens is 493 g/mol. The molecule has 2 aromatic carbocycles. The maximum absolute atomic E-state index is 15.0. The van der Waals surface area contributed by atoms with Crippen LogP contribution in [0.5, 0.6) is 11.6 Å². The molecule has 3 aromatic rings. The van der Waals surface area contributed by atoms with E-state index in [0.29, 0.717) is 24.0 Å². The minimum atomic E-state index is -0.776. The third-order valence-electron chi connectivity index (χ3n) is 8.93. The summed E-state index contributed by atoms with van der Waals surface area (Å²) < 4.78 is 26.6. The highest BCUT2D eigenvalue weighted by Gasteiger charge is 2.37. The molecule has 6 heteroatoms. The normalized spacial score (nSPS) is 21.8. The lowest BCUT2D eigenvalue weighted by Crippen LogP contribution is -2.30. The van der Waals surface area contributed by atoms with E-state index in [-0.39, 0.29) is 17.7 Å². The van der Waals surface area contributed by atoms with Crippen molar-refractivity contribution in [1.29, 1.82) is 0 Å². The number of ether oxygens (including phenoxy) is 2. The van der Waals surface area contributed by atoms with Gasteiger partial charge in [-0.2, -0.15) is 0 Å². The molecule has 0 bridgehead atoms. The third-order valence-corrected chi connectivity index (χ3v) is 8.93. The Kier molecular flexibility index (Phi) is 7.41. The summed E-state index contributed by atoms with van der Waals surface area (Å²) in [6.45, 7) is 7.01. The first-order chi connectivity index (χ1) is 18.6. The number of fused-ring (bicyclic) bond motifs is 1. The van der Waals surface area contributed by atoms with E-state index in [1.165, 1.54) is 18.9 Å². The fourth-order valence-electron chi connectivity index (χ4n) is 6.79. The molecule has 2 aliphatic carbocycles. The van der Waals surface area contributed by atoms with E-state index in [1.54, 1.807) is 6.07 Å². The van der Waals surface area contributed by atoms with Crippen LogP contribution in [0.3, 0.4) is 0 Å². The summed E-state index contributed by atoms with van der Waals surface area (Å²) in [5.41, 5.74) is 5.53. The molecule has 0 amide bonds. The molecule has 0 aliphatic heterocycles. The fourth-order valence-corrected chi connectivity index (χ4v) is 6.79. The fraction of sp³-hybridized carbons (Fsp3) is 0.455. The Hall–Kier alpha value is -3.41. The van der Waals surface area contributed by atoms with Crippen LogP contribution < -0.4 is 9.47 Å². The molecule has 1 saturated carbocycles. The summed E-state index contributed by atoms with van der Waals surface area (Å²) in [6, 6.07) is 13.9. The van der Waals surface area contributed by atoms with Crippen LogP contribution in [0.2, 0.25) is 0 Å². The summed E-state index contributed by atoms with van der Waals surface area (Å²) in [5.74, 6) is 0.283. The number of pyridine rings is 1. The number of aromatic nitrogens is 1. The van der Waals surface area contributed by atoms with Gasteiger partial charge >= 0.3 is 5.97 Å². The number of carbonyl (C=O) groups is 1. The molecule has 1 heterocycles. The highest BCUT2D eigenvalue weighted by Crippen LogP contribution is 2.51. The molecule has 1 fully saturated rings. The number of carboxylic acid groups (broad SMARTS) is 1. The van der Waals surface area contributed by atoms with Gasteiger partial charge in [-0.25, -0.2) is 9.37 Å². The van der Waals surface area contributed by atoms with Gasteiger partial charge in [0.25, 0.3) is 0 Å². The molecule has 0 unspecified atom stereocenters. The molecule has 0 saturated heterocycles. The number of aliphatic carboxylic acids is 1. The topological polar surface area (TPSA) is 68.7 Å². The predicted octanol–water partition coefficient (Wildman–Crippen LogP) is 7.84. The minimum absolute atomic E-state index is 0.106. The Balaban J connectivity index is 1.46. The summed E-state index contributed by atoms with van der Waals surface area (Å²) in [6.07, 6.45) is 7.48. The third kappa shape index (κ3) is 5.52. The number of methoxy groups -OCH3 is 1. The Morgan fingerprint density at radius 2 is 1.90 bits per heavy atom. The monoisotopic (exact) mass is 531 g/mol. The van der Waals surface area contributed by atoms with Crippen molar-refractivity contribution < 1.29 is 23.8 Å². The second kappa shape index (κ2) is 10.6. The summed E-state index contributed by atoms with van der Waals surface area (Å²) in [4.78, 5) is 15.6. The molecule has 0 radical (unpaired) electrons. The zero-order valence-electron chi connectivity index (χ0n) is 23.4. The summed E-state index contributed by atoms with van der Waals surface area (Å²) >= 11 is 0. The number of hydrogen-bond donors (Lipinski definition) is 1. The van der Waals surface area contributed by atoms with E-state index in [2.05, 4.69) is 31.0 Å². The van der Waals surface area contributed by atoms with Gasteiger partial charge in [0.2, 0.25) is 5.88 Å². The summed E-state index contributed by atoms with van der Waals surface area (Å²) in [7, 11) is 1.54. The standard InChI is InChI=1S/C33H38FNO4/c1-32(2)13-6-8-27(32)25-15-21(9-12-24(25)26-17-30(38-4)35-19-29(26)34)20-39-23-11-10-22-7-5-14-33(3,18-31(36)37)28(22)16-23/h9-12,15-17,19,27H,5-8,13-14,18,20H2,1-4H3,(H,36,37)/t27-,33-/m1/s1. The maximum Gasteiger partial charge on any atom is 0.304 e. The van der Waals surface area contributed by atoms with Crippen LogP contribution in [0.25, 0.3) is 11.1 Å². The number of rotatable bonds is 8. The van der Waals surface area contributed by atoms with Crippen LogP contribution in [0.1, 0.15) is 87.5 Å². The molecule has 5 rings (SSSR count). The van der Waals surface area contributed by atoms with E-state index in [4.69, 9.17) is 9.47 Å². The smallest absolute Gasteiger partial charge is 0.304 e. The second-order valence-corrected chi connectivity index (χ2v) is 12.2. The van der Waals surface area contributed by atoms with Gasteiger partial charge in [-0.3, -0.25) is 4.79 Å². The van der Waals surface area contributed by atoms with Gasteiger partial charge in [0.1, 0.15) is 18.2 Å². The molecule has 39 heavy (non-hydrogen) atoms. The minimum Gasteiger partial charge on any atom is -0.489 e. The van der Waals surface area contributed by atoms with Crippen LogP contribution in [-0.2, 0) is 23.2 Å². The number of nitrogens with zero attached hydrogens (tertiary/aromatic N) is 1. The molecule has 1 N–H and O–H groups in total. The van der Waals surface area contributed by atoms with Crippen LogP contribution >= 0.6 is 0 Å². The van der Waals surface area contributed by atoms with Crippen molar-refractivity contribution in [2.45, 2.75) is 83.7 Å². The SMILES string of the molecule is COc1cc(-c2ccc(COc3ccc4c(c3)[C@@](C)(CC(=O)O)CCC4)cc2[C@H]2CCCC2(C)C)c(F)cn1. The van der Waals surface area contributed by atoms with E-state index in [9.17, 15) is 9.90 Å². The van der Waals surface area contributed by atoms with Crippen molar-refractivity contribution >= 4 is 5.97 Å². The quantitative estimate of drug-likeness (QED) is 0.321. The van der Waals surface area contributed by atoms with E-state index in [0.717, 1.165) is 66.5 Å². The van der Waals surface area contributed by atoms with Gasteiger partial charge in [-0.1, -0.05) is 51.5 Å². The van der Waals surface area contributed by atoms with Crippen LogP contribution in [-0.4, -0.2) is 23.2 Å². The van der Waals surface area contributed by atoms with Gasteiger partial charge < -0.3 is 14.6 Å². The van der Waals surface area contributed by atoms with Crippen molar-refractivity contribution in [3.05, 3.63) is 76.7 Å². The first-order valence-electron chi connectivity index (χ1n) is 13.9. The first-order valence-corrected chi connectivity index (χ1v) is 13.9. The zero-order valence-corrected chi connectivity index (χ0v) is 23.4. The number of halogens is 1.